The van der Waals surface area contributed by atoms with Crippen LogP contribution in [0.2, 0.25) is 5.02 Å². The maximum Gasteiger partial charge on any atom is 0.266 e. The van der Waals surface area contributed by atoms with Gasteiger partial charge in [0.15, 0.2) is 0 Å². The number of hydrogen-bond donors (Lipinski definition) is 0. The molecule has 1 saturated heterocycles. The van der Waals surface area contributed by atoms with Crippen molar-refractivity contribution in [3.05, 3.63) is 112 Å². The first-order valence-electron chi connectivity index (χ1n) is 10.7. The van der Waals surface area contributed by atoms with Crippen molar-refractivity contribution in [2.45, 2.75) is 13.5 Å². The molecule has 4 nitrogen and oxygen atoms in total. The van der Waals surface area contributed by atoms with Crippen LogP contribution in [0.25, 0.3) is 23.0 Å². The maximum atomic E-state index is 13.3. The van der Waals surface area contributed by atoms with E-state index in [2.05, 4.69) is 0 Å². The number of amides is 1. The summed E-state index contributed by atoms with van der Waals surface area (Å²) in [6.07, 6.45) is 3.82. The average Bonchev–Trinajstić information content (AvgIpc) is 3.38. The number of nitrogens with zero attached hydrogens (tertiary/aromatic N) is 3. The summed E-state index contributed by atoms with van der Waals surface area (Å²) in [7, 11) is 0. The Morgan fingerprint density at radius 3 is 2.41 bits per heavy atom. The Bertz CT molecular complexity index is 1390. The molecular weight excluding hydrogens is 482 g/mol. The van der Waals surface area contributed by atoms with Crippen molar-refractivity contribution in [1.82, 2.24) is 14.7 Å². The number of aryl methyl sites for hydroxylation is 1. The zero-order chi connectivity index (χ0) is 23.7. The van der Waals surface area contributed by atoms with E-state index in [4.69, 9.17) is 28.9 Å². The van der Waals surface area contributed by atoms with E-state index in [1.54, 1.807) is 4.90 Å². The van der Waals surface area contributed by atoms with Crippen LogP contribution in [0.4, 0.5) is 0 Å². The number of thioether (sulfide) groups is 1. The number of halogens is 1. The second-order valence-electron chi connectivity index (χ2n) is 7.97. The van der Waals surface area contributed by atoms with Crippen LogP contribution in [0.15, 0.2) is 90.0 Å². The molecule has 0 saturated carbocycles. The van der Waals surface area contributed by atoms with Gasteiger partial charge < -0.3 is 0 Å². The maximum absolute atomic E-state index is 13.3. The molecule has 1 aliphatic heterocycles. The second kappa shape index (κ2) is 9.58. The molecule has 0 bridgehead atoms. The number of thiocarbonyl (C=S) groups is 1. The van der Waals surface area contributed by atoms with Gasteiger partial charge in [-0.05, 0) is 42.8 Å². The van der Waals surface area contributed by atoms with E-state index in [0.29, 0.717) is 20.8 Å². The highest BCUT2D eigenvalue weighted by atomic mass is 35.5. The predicted octanol–water partition coefficient (Wildman–Crippen LogP) is 6.90. The van der Waals surface area contributed by atoms with Crippen LogP contribution in [0.1, 0.15) is 16.7 Å². The lowest BCUT2D eigenvalue weighted by molar-refractivity contribution is -0.122. The molecular formula is C27H20ClN3OS2. The molecule has 0 unspecified atom stereocenters. The highest BCUT2D eigenvalue weighted by Gasteiger charge is 2.32. The molecule has 168 valence electrons. The van der Waals surface area contributed by atoms with Crippen LogP contribution in [0.3, 0.4) is 0 Å². The van der Waals surface area contributed by atoms with Crippen molar-refractivity contribution >= 4 is 51.9 Å². The molecule has 1 aromatic heterocycles. The van der Waals surface area contributed by atoms with Crippen molar-refractivity contribution in [1.29, 1.82) is 0 Å². The highest BCUT2D eigenvalue weighted by molar-refractivity contribution is 8.26. The third-order valence-corrected chi connectivity index (χ3v) is 7.13. The molecule has 0 spiro atoms. The van der Waals surface area contributed by atoms with Crippen molar-refractivity contribution < 1.29 is 4.79 Å². The Labute approximate surface area is 212 Å². The minimum atomic E-state index is -0.0925. The van der Waals surface area contributed by atoms with E-state index in [9.17, 15) is 4.79 Å². The lowest BCUT2D eigenvalue weighted by atomic mass is 10.1. The molecule has 0 N–H and O–H groups in total. The highest BCUT2D eigenvalue weighted by Crippen LogP contribution is 2.36. The van der Waals surface area contributed by atoms with Gasteiger partial charge in [0.1, 0.15) is 4.32 Å². The van der Waals surface area contributed by atoms with E-state index >= 15 is 0 Å². The molecule has 2 heterocycles. The fourth-order valence-electron chi connectivity index (χ4n) is 3.69. The first-order chi connectivity index (χ1) is 16.5. The van der Waals surface area contributed by atoms with E-state index < -0.39 is 0 Å². The number of hydrogen-bond acceptors (Lipinski definition) is 4. The molecule has 4 aromatic rings. The Kier molecular flexibility index (Phi) is 6.37. The third-order valence-electron chi connectivity index (χ3n) is 5.50. The van der Waals surface area contributed by atoms with Crippen molar-refractivity contribution in [3.63, 3.8) is 0 Å². The predicted molar refractivity (Wildman–Crippen MR) is 144 cm³/mol. The quantitative estimate of drug-likeness (QED) is 0.220. The Morgan fingerprint density at radius 1 is 1.00 bits per heavy atom. The van der Waals surface area contributed by atoms with E-state index in [1.165, 1.54) is 17.3 Å². The molecule has 34 heavy (non-hydrogen) atoms. The number of aromatic nitrogens is 2. The third kappa shape index (κ3) is 4.71. The van der Waals surface area contributed by atoms with Crippen LogP contribution >= 0.6 is 35.6 Å². The van der Waals surface area contributed by atoms with Crippen molar-refractivity contribution in [3.8, 4) is 16.9 Å². The smallest absolute Gasteiger partial charge is 0.266 e. The van der Waals surface area contributed by atoms with Gasteiger partial charge in [-0.1, -0.05) is 95.7 Å². The summed E-state index contributed by atoms with van der Waals surface area (Å²) in [5.74, 6) is -0.0925. The van der Waals surface area contributed by atoms with Crippen molar-refractivity contribution in [2.24, 2.45) is 0 Å². The lowest BCUT2D eigenvalue weighted by Crippen LogP contribution is -2.27. The summed E-state index contributed by atoms with van der Waals surface area (Å²) in [5.41, 5.74) is 5.68. The van der Waals surface area contributed by atoms with Crippen LogP contribution in [-0.2, 0) is 11.3 Å². The van der Waals surface area contributed by atoms with Crippen LogP contribution in [0, 0.1) is 6.92 Å². The SMILES string of the molecule is Cc1ccc(CN2C(=O)/C(=C\c3cn(-c4ccccc4)nc3-c3ccc(Cl)cc3)SC2=S)cc1. The van der Waals surface area contributed by atoms with Gasteiger partial charge in [-0.15, -0.1) is 0 Å². The number of para-hydroxylation sites is 1. The number of benzene rings is 3. The Balaban J connectivity index is 1.51. The summed E-state index contributed by atoms with van der Waals surface area (Å²) in [4.78, 5) is 15.5. The van der Waals surface area contributed by atoms with Gasteiger partial charge in [0.2, 0.25) is 0 Å². The van der Waals surface area contributed by atoms with Gasteiger partial charge in [-0.25, -0.2) is 4.68 Å². The van der Waals surface area contributed by atoms with Gasteiger partial charge in [0.25, 0.3) is 5.91 Å². The molecule has 0 atom stereocenters. The first kappa shape index (κ1) is 22.6. The zero-order valence-corrected chi connectivity index (χ0v) is 20.7. The van der Waals surface area contributed by atoms with Gasteiger partial charge in [-0.2, -0.15) is 5.10 Å². The molecule has 1 amide bonds. The van der Waals surface area contributed by atoms with Gasteiger partial charge in [0.05, 0.1) is 22.8 Å². The summed E-state index contributed by atoms with van der Waals surface area (Å²) < 4.78 is 2.38. The van der Waals surface area contributed by atoms with Crippen LogP contribution in [0.5, 0.6) is 0 Å². The number of carbonyl (C=O) groups is 1. The molecule has 3 aromatic carbocycles. The van der Waals surface area contributed by atoms with Gasteiger partial charge >= 0.3 is 0 Å². The zero-order valence-electron chi connectivity index (χ0n) is 18.3. The fourth-order valence-corrected chi connectivity index (χ4v) is 5.06. The molecule has 0 aliphatic carbocycles. The summed E-state index contributed by atoms with van der Waals surface area (Å²) in [6, 6.07) is 25.6. The minimum Gasteiger partial charge on any atom is -0.288 e. The topological polar surface area (TPSA) is 38.1 Å². The monoisotopic (exact) mass is 501 g/mol. The van der Waals surface area contributed by atoms with Crippen molar-refractivity contribution in [2.75, 3.05) is 0 Å². The number of carbonyl (C=O) groups excluding carboxylic acids is 1. The van der Waals surface area contributed by atoms with Crippen LogP contribution < -0.4 is 0 Å². The Hall–Kier alpha value is -3.19. The molecule has 1 fully saturated rings. The minimum absolute atomic E-state index is 0.0925. The molecule has 7 heteroatoms. The summed E-state index contributed by atoms with van der Waals surface area (Å²) in [6.45, 7) is 2.50. The fraction of sp³-hybridized carbons (Fsp3) is 0.0741. The van der Waals surface area contributed by atoms with Crippen LogP contribution in [-0.4, -0.2) is 24.9 Å². The van der Waals surface area contributed by atoms with Gasteiger partial charge in [0, 0.05) is 22.3 Å². The summed E-state index contributed by atoms with van der Waals surface area (Å²) in [5, 5.41) is 5.48. The summed E-state index contributed by atoms with van der Waals surface area (Å²) >= 11 is 13.0. The van der Waals surface area contributed by atoms with Gasteiger partial charge in [-0.3, -0.25) is 9.69 Å². The molecule has 1 aliphatic rings. The average molecular weight is 502 g/mol. The lowest BCUT2D eigenvalue weighted by Gasteiger charge is -2.14. The normalized spacial score (nSPS) is 14.9. The second-order valence-corrected chi connectivity index (χ2v) is 10.1. The van der Waals surface area contributed by atoms with E-state index in [-0.39, 0.29) is 5.91 Å². The number of rotatable bonds is 5. The standard InChI is InChI=1S/C27H20ClN3OS2/c1-18-7-9-19(10-8-18)16-30-26(32)24(34-27(30)33)15-21-17-31(23-5-3-2-4-6-23)29-25(21)20-11-13-22(28)14-12-20/h2-15,17H,16H2,1H3/b24-15+. The largest absolute Gasteiger partial charge is 0.288 e. The first-order valence-corrected chi connectivity index (χ1v) is 12.3. The van der Waals surface area contributed by atoms with E-state index in [0.717, 1.165) is 28.1 Å². The molecule has 5 rings (SSSR count). The van der Waals surface area contributed by atoms with E-state index in [1.807, 2.05) is 103 Å². The molecule has 0 radical (unpaired) electrons. The Morgan fingerprint density at radius 2 is 1.71 bits per heavy atom.